The van der Waals surface area contributed by atoms with E-state index >= 15 is 0 Å². The van der Waals surface area contributed by atoms with Crippen molar-refractivity contribution in [2.45, 2.75) is 26.1 Å². The van der Waals surface area contributed by atoms with Crippen LogP contribution >= 0.6 is 0 Å². The van der Waals surface area contributed by atoms with Gasteiger partial charge in [-0.2, -0.15) is 0 Å². The van der Waals surface area contributed by atoms with Gasteiger partial charge in [0.2, 0.25) is 5.91 Å². The number of aliphatic hydroxyl groups is 2. The molecule has 19 heavy (non-hydrogen) atoms. The van der Waals surface area contributed by atoms with Gasteiger partial charge in [-0.3, -0.25) is 14.9 Å². The molecule has 7 nitrogen and oxygen atoms in total. The van der Waals surface area contributed by atoms with Gasteiger partial charge in [0.05, 0.1) is 10.5 Å². The number of amides is 1. The largest absolute Gasteiger partial charge is 0.388 e. The van der Waals surface area contributed by atoms with E-state index in [0.717, 1.165) is 5.56 Å². The Morgan fingerprint density at radius 2 is 2.11 bits per heavy atom. The second-order valence-electron chi connectivity index (χ2n) is 4.27. The number of aliphatic hydroxyl groups excluding tert-OH is 2. The van der Waals surface area contributed by atoms with Gasteiger partial charge < -0.3 is 15.5 Å². The Hall–Kier alpha value is -1.99. The molecule has 104 valence electrons. The first kappa shape index (κ1) is 15.1. The standard InChI is InChI=1S/C12H16N2O5/c1-7-3-4-10(14(18)19)9(5-7)12(17)11(16)6-13-8(2)15/h3-5,11-12,16-17H,6H2,1-2H3,(H,13,15). The van der Waals surface area contributed by atoms with Gasteiger partial charge >= 0.3 is 0 Å². The molecule has 0 aliphatic rings. The Balaban J connectivity index is 2.97. The van der Waals surface area contributed by atoms with Crippen LogP contribution in [0.1, 0.15) is 24.2 Å². The third kappa shape index (κ3) is 4.01. The molecule has 3 N–H and O–H groups in total. The number of nitrogens with zero attached hydrogens (tertiary/aromatic N) is 1. The highest BCUT2D eigenvalue weighted by atomic mass is 16.6. The Labute approximate surface area is 110 Å². The molecule has 1 aromatic carbocycles. The summed E-state index contributed by atoms with van der Waals surface area (Å²) < 4.78 is 0. The summed E-state index contributed by atoms with van der Waals surface area (Å²) in [6, 6.07) is 4.27. The first-order valence-corrected chi connectivity index (χ1v) is 5.68. The molecule has 0 saturated carbocycles. The molecule has 0 aliphatic carbocycles. The smallest absolute Gasteiger partial charge is 0.275 e. The van der Waals surface area contributed by atoms with Crippen molar-refractivity contribution in [2.24, 2.45) is 0 Å². The van der Waals surface area contributed by atoms with Crippen LogP contribution in [0.3, 0.4) is 0 Å². The van der Waals surface area contributed by atoms with Gasteiger partial charge in [0.1, 0.15) is 12.2 Å². The minimum absolute atomic E-state index is 0.0304. The molecule has 2 atom stereocenters. The predicted molar refractivity (Wildman–Crippen MR) is 67.5 cm³/mol. The van der Waals surface area contributed by atoms with E-state index < -0.39 is 17.1 Å². The van der Waals surface area contributed by atoms with E-state index in [2.05, 4.69) is 5.32 Å². The molecule has 1 rings (SSSR count). The highest BCUT2D eigenvalue weighted by molar-refractivity contribution is 5.72. The van der Waals surface area contributed by atoms with E-state index in [9.17, 15) is 25.1 Å². The summed E-state index contributed by atoms with van der Waals surface area (Å²) in [6.45, 7) is 2.82. The number of benzene rings is 1. The highest BCUT2D eigenvalue weighted by Crippen LogP contribution is 2.28. The highest BCUT2D eigenvalue weighted by Gasteiger charge is 2.26. The van der Waals surface area contributed by atoms with Crippen LogP contribution in [0.5, 0.6) is 0 Å². The van der Waals surface area contributed by atoms with Gasteiger partial charge in [-0.1, -0.05) is 11.6 Å². The number of aryl methyl sites for hydroxylation is 1. The van der Waals surface area contributed by atoms with E-state index in [1.54, 1.807) is 13.0 Å². The summed E-state index contributed by atoms with van der Waals surface area (Å²) in [5.41, 5.74) is 0.495. The van der Waals surface area contributed by atoms with Crippen LogP contribution in [0.4, 0.5) is 5.69 Å². The first-order valence-electron chi connectivity index (χ1n) is 5.68. The van der Waals surface area contributed by atoms with Gasteiger partial charge in [0.25, 0.3) is 5.69 Å². The van der Waals surface area contributed by atoms with E-state index in [-0.39, 0.29) is 23.7 Å². The summed E-state index contributed by atoms with van der Waals surface area (Å²) in [6.07, 6.45) is -2.75. The maximum absolute atomic E-state index is 10.9. The fourth-order valence-corrected chi connectivity index (χ4v) is 1.64. The first-order chi connectivity index (χ1) is 8.82. The molecule has 7 heteroatoms. The lowest BCUT2D eigenvalue weighted by molar-refractivity contribution is -0.386. The minimum atomic E-state index is -1.44. The maximum atomic E-state index is 10.9. The molecule has 0 saturated heterocycles. The van der Waals surface area contributed by atoms with E-state index in [1.807, 2.05) is 0 Å². The Morgan fingerprint density at radius 3 is 2.63 bits per heavy atom. The number of nitrogens with one attached hydrogen (secondary N) is 1. The van der Waals surface area contributed by atoms with Crippen LogP contribution in [0.2, 0.25) is 0 Å². The molecule has 0 bridgehead atoms. The van der Waals surface area contributed by atoms with Crippen molar-refractivity contribution in [3.63, 3.8) is 0 Å². The molecular weight excluding hydrogens is 252 g/mol. The van der Waals surface area contributed by atoms with E-state index in [0.29, 0.717) is 0 Å². The van der Waals surface area contributed by atoms with E-state index in [1.165, 1.54) is 19.1 Å². The summed E-state index contributed by atoms with van der Waals surface area (Å²) in [4.78, 5) is 21.0. The van der Waals surface area contributed by atoms with Crippen molar-refractivity contribution in [3.05, 3.63) is 39.4 Å². The average Bonchev–Trinajstić information content (AvgIpc) is 2.34. The third-order valence-electron chi connectivity index (χ3n) is 2.62. The molecule has 1 aromatic rings. The van der Waals surface area contributed by atoms with Gasteiger partial charge in [-0.25, -0.2) is 0 Å². The molecule has 0 aliphatic heterocycles. The van der Waals surface area contributed by atoms with Crippen LogP contribution in [0.15, 0.2) is 18.2 Å². The molecule has 0 fully saturated rings. The second kappa shape index (κ2) is 6.26. The molecule has 0 heterocycles. The number of carbonyl (C=O) groups excluding carboxylic acids is 1. The summed E-state index contributed by atoms with van der Waals surface area (Å²) >= 11 is 0. The lowest BCUT2D eigenvalue weighted by Crippen LogP contribution is -2.34. The molecule has 0 radical (unpaired) electrons. The van der Waals surface area contributed by atoms with Gasteiger partial charge in [-0.05, 0) is 13.0 Å². The Morgan fingerprint density at radius 1 is 1.47 bits per heavy atom. The van der Waals surface area contributed by atoms with Crippen LogP contribution in [-0.2, 0) is 4.79 Å². The van der Waals surface area contributed by atoms with Crippen molar-refractivity contribution < 1.29 is 19.9 Å². The van der Waals surface area contributed by atoms with Gasteiger partial charge in [0, 0.05) is 19.5 Å². The monoisotopic (exact) mass is 268 g/mol. The van der Waals surface area contributed by atoms with Crippen LogP contribution in [0.25, 0.3) is 0 Å². The number of nitro groups is 1. The second-order valence-corrected chi connectivity index (χ2v) is 4.27. The topological polar surface area (TPSA) is 113 Å². The fraction of sp³-hybridized carbons (Fsp3) is 0.417. The third-order valence-corrected chi connectivity index (χ3v) is 2.62. The van der Waals surface area contributed by atoms with Crippen molar-refractivity contribution in [3.8, 4) is 0 Å². The lowest BCUT2D eigenvalue weighted by atomic mass is 10.00. The van der Waals surface area contributed by atoms with Crippen molar-refractivity contribution in [1.29, 1.82) is 0 Å². The summed E-state index contributed by atoms with van der Waals surface area (Å²) in [7, 11) is 0. The van der Waals surface area contributed by atoms with Gasteiger partial charge in [0.15, 0.2) is 0 Å². The van der Waals surface area contributed by atoms with Crippen molar-refractivity contribution >= 4 is 11.6 Å². The number of carbonyl (C=O) groups is 1. The molecule has 2 unspecified atom stereocenters. The fourth-order valence-electron chi connectivity index (χ4n) is 1.64. The molecule has 1 amide bonds. The molecule has 0 spiro atoms. The summed E-state index contributed by atoms with van der Waals surface area (Å²) in [5, 5.41) is 32.9. The average molecular weight is 268 g/mol. The predicted octanol–water partition coefficient (Wildman–Crippen LogP) is 0.434. The number of hydrogen-bond acceptors (Lipinski definition) is 5. The summed E-state index contributed by atoms with van der Waals surface area (Å²) in [5.74, 6) is -0.356. The van der Waals surface area contributed by atoms with Crippen LogP contribution in [0, 0.1) is 17.0 Å². The number of rotatable bonds is 5. The van der Waals surface area contributed by atoms with Crippen molar-refractivity contribution in [1.82, 2.24) is 5.32 Å². The van der Waals surface area contributed by atoms with Crippen LogP contribution < -0.4 is 5.32 Å². The quantitative estimate of drug-likeness (QED) is 0.529. The number of hydrogen-bond donors (Lipinski definition) is 3. The lowest BCUT2D eigenvalue weighted by Gasteiger charge is -2.18. The van der Waals surface area contributed by atoms with Gasteiger partial charge in [-0.15, -0.1) is 0 Å². The zero-order chi connectivity index (χ0) is 14.6. The zero-order valence-corrected chi connectivity index (χ0v) is 10.7. The van der Waals surface area contributed by atoms with Crippen LogP contribution in [-0.4, -0.2) is 33.7 Å². The van der Waals surface area contributed by atoms with Crippen molar-refractivity contribution in [2.75, 3.05) is 6.54 Å². The van der Waals surface area contributed by atoms with E-state index in [4.69, 9.17) is 0 Å². The maximum Gasteiger partial charge on any atom is 0.275 e. The number of nitro benzene ring substituents is 1. The molecule has 0 aromatic heterocycles. The normalized spacial score (nSPS) is 13.7. The Bertz CT molecular complexity index is 489. The molecular formula is C12H16N2O5. The SMILES string of the molecule is CC(=O)NCC(O)C(O)c1cc(C)ccc1[N+](=O)[O-]. The zero-order valence-electron chi connectivity index (χ0n) is 10.7. The minimum Gasteiger partial charge on any atom is -0.388 e. The Kier molecular flexibility index (Phi) is 4.96.